The second-order valence-electron chi connectivity index (χ2n) is 2.59. The minimum absolute atomic E-state index is 0.539. The average Bonchev–Trinajstić information content (AvgIpc) is 2.15. The van der Waals surface area contributed by atoms with Gasteiger partial charge in [-0.25, -0.2) is 0 Å². The molecular weight excluding hydrogens is 310 g/mol. The maximum atomic E-state index is 5.48. The minimum Gasteiger partial charge on any atom is -0.488 e. The lowest BCUT2D eigenvalue weighted by atomic mass is 10.3. The van der Waals surface area contributed by atoms with Crippen LogP contribution in [0.25, 0.3) is 0 Å². The van der Waals surface area contributed by atoms with Gasteiger partial charge in [0.2, 0.25) is 0 Å². The molecular formula is C10H11Br2NO. The summed E-state index contributed by atoms with van der Waals surface area (Å²) in [5.41, 5.74) is 5.30. The Morgan fingerprint density at radius 1 is 1.29 bits per heavy atom. The molecule has 0 aliphatic carbocycles. The van der Waals surface area contributed by atoms with Gasteiger partial charge in [0.25, 0.3) is 0 Å². The first-order chi connectivity index (χ1) is 6.74. The summed E-state index contributed by atoms with van der Waals surface area (Å²) in [5, 5.41) is 0. The molecule has 4 heteroatoms. The molecule has 1 aromatic carbocycles. The lowest BCUT2D eigenvalue weighted by Gasteiger charge is -2.05. The molecule has 2 N–H and O–H groups in total. The van der Waals surface area contributed by atoms with E-state index in [-0.39, 0.29) is 0 Å². The summed E-state index contributed by atoms with van der Waals surface area (Å²) in [4.78, 5) is 0. The molecule has 0 heterocycles. The second kappa shape index (κ2) is 6.22. The van der Waals surface area contributed by atoms with E-state index in [0.29, 0.717) is 13.2 Å². The summed E-state index contributed by atoms with van der Waals surface area (Å²) in [6, 6.07) is 5.79. The average molecular weight is 321 g/mol. The van der Waals surface area contributed by atoms with Crippen molar-refractivity contribution in [3.8, 4) is 5.75 Å². The zero-order valence-corrected chi connectivity index (χ0v) is 10.7. The number of rotatable bonds is 4. The molecule has 0 unspecified atom stereocenters. The minimum atomic E-state index is 0.539. The molecule has 0 radical (unpaired) electrons. The van der Waals surface area contributed by atoms with Crippen LogP contribution >= 0.6 is 31.9 Å². The predicted molar refractivity (Wildman–Crippen MR) is 65.5 cm³/mol. The lowest BCUT2D eigenvalue weighted by molar-refractivity contribution is 0.360. The Morgan fingerprint density at radius 3 is 2.71 bits per heavy atom. The monoisotopic (exact) mass is 319 g/mol. The van der Waals surface area contributed by atoms with Crippen LogP contribution < -0.4 is 10.5 Å². The maximum absolute atomic E-state index is 5.48. The normalized spacial score (nSPS) is 10.8. The third kappa shape index (κ3) is 3.82. The lowest BCUT2D eigenvalue weighted by Crippen LogP contribution is -1.97. The van der Waals surface area contributed by atoms with Gasteiger partial charge in [-0.1, -0.05) is 28.1 Å². The van der Waals surface area contributed by atoms with Crippen LogP contribution in [0.1, 0.15) is 0 Å². The highest BCUT2D eigenvalue weighted by Gasteiger charge is 1.99. The molecule has 1 rings (SSSR count). The van der Waals surface area contributed by atoms with Crippen LogP contribution in [0.15, 0.2) is 39.3 Å². The summed E-state index contributed by atoms with van der Waals surface area (Å²) < 4.78 is 7.44. The number of hydrogen-bond acceptors (Lipinski definition) is 2. The summed E-state index contributed by atoms with van der Waals surface area (Å²) in [7, 11) is 0. The van der Waals surface area contributed by atoms with E-state index in [1.807, 2.05) is 30.4 Å². The molecule has 2 nitrogen and oxygen atoms in total. The molecule has 1 aromatic rings. The number of ether oxygens (including phenoxy) is 1. The van der Waals surface area contributed by atoms with Crippen LogP contribution in [0.3, 0.4) is 0 Å². The highest BCUT2D eigenvalue weighted by Crippen LogP contribution is 2.27. The van der Waals surface area contributed by atoms with E-state index in [2.05, 4.69) is 31.9 Å². The molecule has 0 saturated heterocycles. The molecule has 0 fully saturated rings. The second-order valence-corrected chi connectivity index (χ2v) is 4.36. The van der Waals surface area contributed by atoms with Gasteiger partial charge in [-0.05, 0) is 34.1 Å². The standard InChI is InChI=1S/C10H11Br2NO/c11-8-3-4-10(9(12)7-8)14-6-2-1-5-13/h1-4,7H,5-6,13H2. The number of halogens is 2. The molecule has 0 aliphatic heterocycles. The van der Waals surface area contributed by atoms with Crippen molar-refractivity contribution in [3.05, 3.63) is 39.3 Å². The molecule has 14 heavy (non-hydrogen) atoms. The molecule has 0 spiro atoms. The van der Waals surface area contributed by atoms with Crippen molar-refractivity contribution in [2.45, 2.75) is 0 Å². The van der Waals surface area contributed by atoms with Crippen LogP contribution in [0.4, 0.5) is 0 Å². The van der Waals surface area contributed by atoms with Gasteiger partial charge in [0.15, 0.2) is 0 Å². The van der Waals surface area contributed by atoms with Crippen molar-refractivity contribution in [1.29, 1.82) is 0 Å². The van der Waals surface area contributed by atoms with Crippen molar-refractivity contribution >= 4 is 31.9 Å². The number of benzene rings is 1. The predicted octanol–water partition coefficient (Wildman–Crippen LogP) is 3.11. The van der Waals surface area contributed by atoms with Crippen LogP contribution in [0, 0.1) is 0 Å². The molecule has 0 aliphatic rings. The Labute approximate surface area is 100 Å². The van der Waals surface area contributed by atoms with E-state index in [0.717, 1.165) is 14.7 Å². The van der Waals surface area contributed by atoms with E-state index in [1.165, 1.54) is 0 Å². The van der Waals surface area contributed by atoms with E-state index in [4.69, 9.17) is 10.5 Å². The number of hydrogen-bond donors (Lipinski definition) is 1. The van der Waals surface area contributed by atoms with Gasteiger partial charge in [-0.2, -0.15) is 0 Å². The van der Waals surface area contributed by atoms with E-state index >= 15 is 0 Å². The van der Waals surface area contributed by atoms with Gasteiger partial charge < -0.3 is 10.5 Å². The highest BCUT2D eigenvalue weighted by atomic mass is 79.9. The van der Waals surface area contributed by atoms with Gasteiger partial charge in [0.1, 0.15) is 12.4 Å². The smallest absolute Gasteiger partial charge is 0.134 e. The fraction of sp³-hybridized carbons (Fsp3) is 0.200. The van der Waals surface area contributed by atoms with Crippen LogP contribution in [0.2, 0.25) is 0 Å². The molecule has 0 bridgehead atoms. The quantitative estimate of drug-likeness (QED) is 0.865. The van der Waals surface area contributed by atoms with Crippen LogP contribution in [-0.2, 0) is 0 Å². The zero-order chi connectivity index (χ0) is 10.4. The highest BCUT2D eigenvalue weighted by molar-refractivity contribution is 9.11. The van der Waals surface area contributed by atoms with Crippen molar-refractivity contribution in [3.63, 3.8) is 0 Å². The largest absolute Gasteiger partial charge is 0.488 e. The molecule has 76 valence electrons. The fourth-order valence-corrected chi connectivity index (χ4v) is 2.06. The SMILES string of the molecule is NCC=CCOc1ccc(Br)cc1Br. The molecule has 0 amide bonds. The summed E-state index contributed by atoms with van der Waals surface area (Å²) in [6.45, 7) is 1.09. The Morgan fingerprint density at radius 2 is 2.07 bits per heavy atom. The van der Waals surface area contributed by atoms with E-state index < -0.39 is 0 Å². The van der Waals surface area contributed by atoms with Crippen molar-refractivity contribution < 1.29 is 4.74 Å². The first-order valence-corrected chi connectivity index (χ1v) is 5.75. The van der Waals surface area contributed by atoms with Crippen LogP contribution in [-0.4, -0.2) is 13.2 Å². The van der Waals surface area contributed by atoms with E-state index in [9.17, 15) is 0 Å². The molecule has 0 atom stereocenters. The Kier molecular flexibility index (Phi) is 5.22. The fourth-order valence-electron chi connectivity index (χ4n) is 0.894. The first kappa shape index (κ1) is 11.8. The summed E-state index contributed by atoms with van der Waals surface area (Å²) in [5.74, 6) is 0.829. The van der Waals surface area contributed by atoms with Gasteiger partial charge in [-0.15, -0.1) is 0 Å². The Bertz CT molecular complexity index is 326. The third-order valence-corrected chi connectivity index (χ3v) is 2.64. The number of nitrogens with two attached hydrogens (primary N) is 1. The topological polar surface area (TPSA) is 35.2 Å². The van der Waals surface area contributed by atoms with Gasteiger partial charge >= 0.3 is 0 Å². The third-order valence-electron chi connectivity index (χ3n) is 1.53. The summed E-state index contributed by atoms with van der Waals surface area (Å²) in [6.07, 6.45) is 3.77. The van der Waals surface area contributed by atoms with Crippen molar-refractivity contribution in [2.75, 3.05) is 13.2 Å². The van der Waals surface area contributed by atoms with Gasteiger partial charge in [0, 0.05) is 11.0 Å². The van der Waals surface area contributed by atoms with Gasteiger partial charge in [0.05, 0.1) is 4.47 Å². The molecule has 0 saturated carbocycles. The van der Waals surface area contributed by atoms with Crippen molar-refractivity contribution in [1.82, 2.24) is 0 Å². The Hall–Kier alpha value is -0.320. The summed E-state index contributed by atoms with van der Waals surface area (Å²) >= 11 is 6.79. The first-order valence-electron chi connectivity index (χ1n) is 4.17. The van der Waals surface area contributed by atoms with Gasteiger partial charge in [-0.3, -0.25) is 0 Å². The van der Waals surface area contributed by atoms with E-state index in [1.54, 1.807) is 0 Å². The van der Waals surface area contributed by atoms with Crippen molar-refractivity contribution in [2.24, 2.45) is 5.73 Å². The molecule has 0 aromatic heterocycles. The maximum Gasteiger partial charge on any atom is 0.134 e. The zero-order valence-electron chi connectivity index (χ0n) is 7.54. The van der Waals surface area contributed by atoms with Crippen LogP contribution in [0.5, 0.6) is 5.75 Å². The Balaban J connectivity index is 2.55.